The molecule has 3 aliphatic rings. The van der Waals surface area contributed by atoms with Gasteiger partial charge >= 0.3 is 0 Å². The van der Waals surface area contributed by atoms with Gasteiger partial charge in [0.2, 0.25) is 5.91 Å². The fourth-order valence-corrected chi connectivity index (χ4v) is 3.76. The van der Waals surface area contributed by atoms with Gasteiger partial charge < -0.3 is 20.1 Å². The summed E-state index contributed by atoms with van der Waals surface area (Å²) in [6.45, 7) is 3.83. The molecule has 0 saturated heterocycles. The van der Waals surface area contributed by atoms with E-state index in [1.165, 1.54) is 0 Å². The Morgan fingerprint density at radius 1 is 1.04 bits per heavy atom. The fourth-order valence-electron chi connectivity index (χ4n) is 3.64. The summed E-state index contributed by atoms with van der Waals surface area (Å²) in [5, 5.41) is 6.65. The lowest BCUT2D eigenvalue weighted by atomic mass is 9.44. The minimum absolute atomic E-state index is 0.0325. The van der Waals surface area contributed by atoms with Gasteiger partial charge in [-0.2, -0.15) is 0 Å². The number of ether oxygens (including phenoxy) is 2. The second-order valence-corrected chi connectivity index (χ2v) is 7.73. The molecule has 6 nitrogen and oxygen atoms in total. The summed E-state index contributed by atoms with van der Waals surface area (Å²) in [4.78, 5) is 23.9. The first-order valence-electron chi connectivity index (χ1n) is 8.42. The average molecular weight is 367 g/mol. The fraction of sp³-hybridized carbons (Fsp3) is 0.556. The predicted octanol–water partition coefficient (Wildman–Crippen LogP) is 2.05. The molecule has 7 heteroatoms. The molecule has 1 aromatic rings. The minimum atomic E-state index is -0.188. The highest BCUT2D eigenvalue weighted by Gasteiger charge is 2.69. The molecule has 0 unspecified atom stereocenters. The first-order chi connectivity index (χ1) is 11.8. The molecule has 0 radical (unpaired) electrons. The largest absolute Gasteiger partial charge is 0.484 e. The van der Waals surface area contributed by atoms with Crippen molar-refractivity contribution in [1.29, 1.82) is 0 Å². The predicted molar refractivity (Wildman–Crippen MR) is 93.6 cm³/mol. The maximum absolute atomic E-state index is 12.1. The summed E-state index contributed by atoms with van der Waals surface area (Å²) >= 11 is 5.80. The number of amides is 2. The molecule has 0 spiro atoms. The Morgan fingerprint density at radius 2 is 1.56 bits per heavy atom. The number of carbonyl (C=O) groups is 2. The molecule has 0 aliphatic heterocycles. The van der Waals surface area contributed by atoms with E-state index in [1.807, 2.05) is 13.8 Å². The van der Waals surface area contributed by atoms with Crippen molar-refractivity contribution in [3.05, 3.63) is 29.3 Å². The van der Waals surface area contributed by atoms with Crippen molar-refractivity contribution < 1.29 is 19.1 Å². The van der Waals surface area contributed by atoms with Gasteiger partial charge in [-0.3, -0.25) is 9.59 Å². The number of hydrogen-bond donors (Lipinski definition) is 2. The number of rotatable bonds is 8. The van der Waals surface area contributed by atoms with Crippen molar-refractivity contribution in [3.8, 4) is 5.75 Å². The smallest absolute Gasteiger partial charge is 0.258 e. The van der Waals surface area contributed by atoms with Crippen LogP contribution in [0.3, 0.4) is 0 Å². The van der Waals surface area contributed by atoms with Gasteiger partial charge in [-0.15, -0.1) is 0 Å². The van der Waals surface area contributed by atoms with Gasteiger partial charge in [0.05, 0.1) is 6.10 Å². The van der Waals surface area contributed by atoms with Crippen molar-refractivity contribution >= 4 is 23.4 Å². The molecule has 136 valence electrons. The van der Waals surface area contributed by atoms with E-state index in [1.54, 1.807) is 24.3 Å². The van der Waals surface area contributed by atoms with Crippen molar-refractivity contribution in [2.75, 3.05) is 13.2 Å². The van der Waals surface area contributed by atoms with Crippen LogP contribution in [0.15, 0.2) is 24.3 Å². The van der Waals surface area contributed by atoms with Crippen LogP contribution in [0.5, 0.6) is 5.75 Å². The molecule has 2 bridgehead atoms. The molecule has 0 aromatic heterocycles. The first-order valence-corrected chi connectivity index (χ1v) is 8.80. The lowest BCUT2D eigenvalue weighted by Crippen LogP contribution is -2.84. The van der Waals surface area contributed by atoms with E-state index < -0.39 is 0 Å². The van der Waals surface area contributed by atoms with E-state index in [2.05, 4.69) is 10.6 Å². The summed E-state index contributed by atoms with van der Waals surface area (Å²) < 4.78 is 10.7. The molecule has 2 N–H and O–H groups in total. The van der Waals surface area contributed by atoms with Crippen molar-refractivity contribution in [2.24, 2.45) is 0 Å². The Bertz CT molecular complexity index is 640. The van der Waals surface area contributed by atoms with Gasteiger partial charge in [0, 0.05) is 16.1 Å². The average Bonchev–Trinajstić information content (AvgIpc) is 2.49. The quantitative estimate of drug-likeness (QED) is 0.738. The summed E-state index contributed by atoms with van der Waals surface area (Å²) in [5.41, 5.74) is -0.353. The van der Waals surface area contributed by atoms with E-state index in [-0.39, 0.29) is 42.2 Å². The van der Waals surface area contributed by atoms with E-state index in [4.69, 9.17) is 21.1 Å². The second kappa shape index (κ2) is 6.84. The Labute approximate surface area is 152 Å². The molecule has 0 atom stereocenters. The molecule has 3 aliphatic carbocycles. The van der Waals surface area contributed by atoms with Crippen LogP contribution >= 0.6 is 11.6 Å². The Balaban J connectivity index is 1.36. The zero-order valence-electron chi connectivity index (χ0n) is 14.4. The number of halogens is 1. The van der Waals surface area contributed by atoms with Gasteiger partial charge in [0.1, 0.15) is 12.4 Å². The second-order valence-electron chi connectivity index (χ2n) is 7.29. The zero-order valence-corrected chi connectivity index (χ0v) is 15.2. The highest BCUT2D eigenvalue weighted by Crippen LogP contribution is 2.60. The Hall–Kier alpha value is -1.79. The maximum atomic E-state index is 12.1. The first kappa shape index (κ1) is 18.0. The highest BCUT2D eigenvalue weighted by atomic mass is 35.5. The van der Waals surface area contributed by atoms with Crippen LogP contribution in [0.4, 0.5) is 0 Å². The van der Waals surface area contributed by atoms with Crippen molar-refractivity contribution in [1.82, 2.24) is 10.6 Å². The van der Waals surface area contributed by atoms with E-state index in [9.17, 15) is 9.59 Å². The third-order valence-electron chi connectivity index (χ3n) is 4.57. The van der Waals surface area contributed by atoms with Gasteiger partial charge in [-0.05, 0) is 57.4 Å². The van der Waals surface area contributed by atoms with E-state index in [0.717, 1.165) is 19.3 Å². The standard InChI is InChI=1S/C18H23ClN2O4/c1-12(2)24-7-15(22)20-17-9-18(10-17,11-17)21-16(23)8-25-14-5-3-13(19)4-6-14/h3-6,12H,7-11H2,1-2H3,(H,20,22)(H,21,23). The lowest BCUT2D eigenvalue weighted by molar-refractivity contribution is -0.153. The van der Waals surface area contributed by atoms with Crippen LogP contribution in [-0.2, 0) is 14.3 Å². The van der Waals surface area contributed by atoms with Crippen LogP contribution in [0, 0.1) is 0 Å². The van der Waals surface area contributed by atoms with Gasteiger partial charge in [-0.25, -0.2) is 0 Å². The molecule has 1 aromatic carbocycles. The van der Waals surface area contributed by atoms with Crippen LogP contribution < -0.4 is 15.4 Å². The topological polar surface area (TPSA) is 76.7 Å². The summed E-state index contributed by atoms with van der Waals surface area (Å²) in [6.07, 6.45) is 2.32. The van der Waals surface area contributed by atoms with Crippen LogP contribution in [0.1, 0.15) is 33.1 Å². The molecule has 2 amide bonds. The molecular formula is C18H23ClN2O4. The van der Waals surface area contributed by atoms with Gasteiger partial charge in [0.15, 0.2) is 6.61 Å². The third kappa shape index (κ3) is 4.25. The van der Waals surface area contributed by atoms with E-state index in [0.29, 0.717) is 10.8 Å². The van der Waals surface area contributed by atoms with Crippen molar-refractivity contribution in [3.63, 3.8) is 0 Å². The zero-order chi connectivity index (χ0) is 18.1. The van der Waals surface area contributed by atoms with Crippen molar-refractivity contribution in [2.45, 2.75) is 50.3 Å². The van der Waals surface area contributed by atoms with Gasteiger partial charge in [0.25, 0.3) is 5.91 Å². The van der Waals surface area contributed by atoms with Crippen LogP contribution in [-0.4, -0.2) is 42.2 Å². The molecule has 0 heterocycles. The number of benzene rings is 1. The molecule has 25 heavy (non-hydrogen) atoms. The van der Waals surface area contributed by atoms with Crippen LogP contribution in [0.25, 0.3) is 0 Å². The minimum Gasteiger partial charge on any atom is -0.484 e. The summed E-state index contributed by atoms with van der Waals surface area (Å²) in [5.74, 6) is 0.350. The van der Waals surface area contributed by atoms with E-state index >= 15 is 0 Å². The maximum Gasteiger partial charge on any atom is 0.258 e. The monoisotopic (exact) mass is 366 g/mol. The molecular weight excluding hydrogens is 344 g/mol. The third-order valence-corrected chi connectivity index (χ3v) is 4.82. The molecule has 4 rings (SSSR count). The highest BCUT2D eigenvalue weighted by molar-refractivity contribution is 6.30. The normalized spacial score (nSPS) is 26.4. The summed E-state index contributed by atoms with van der Waals surface area (Å²) in [6, 6.07) is 6.87. The molecule has 3 fully saturated rings. The Kier molecular flexibility index (Phi) is 4.93. The Morgan fingerprint density at radius 3 is 2.08 bits per heavy atom. The number of hydrogen-bond acceptors (Lipinski definition) is 4. The number of nitrogens with one attached hydrogen (secondary N) is 2. The number of carbonyl (C=O) groups excluding carboxylic acids is 2. The molecule has 3 saturated carbocycles. The van der Waals surface area contributed by atoms with Gasteiger partial charge in [-0.1, -0.05) is 11.6 Å². The SMILES string of the molecule is CC(C)OCC(=O)NC12CC(NC(=O)COc3ccc(Cl)cc3)(C1)C2. The van der Waals surface area contributed by atoms with Crippen LogP contribution in [0.2, 0.25) is 5.02 Å². The lowest BCUT2D eigenvalue weighted by Gasteiger charge is -2.70. The summed E-state index contributed by atoms with van der Waals surface area (Å²) in [7, 11) is 0.